The first kappa shape index (κ1) is 12.2. The van der Waals surface area contributed by atoms with Crippen molar-refractivity contribution in [1.29, 1.82) is 0 Å². The van der Waals surface area contributed by atoms with Gasteiger partial charge >= 0.3 is 5.63 Å². The molecule has 3 rings (SSSR count). The predicted octanol–water partition coefficient (Wildman–Crippen LogP) is 2.23. The van der Waals surface area contributed by atoms with Crippen LogP contribution in [0.1, 0.15) is 5.56 Å². The molecule has 4 nitrogen and oxygen atoms in total. The van der Waals surface area contributed by atoms with Crippen molar-refractivity contribution in [2.24, 2.45) is 7.05 Å². The van der Waals surface area contributed by atoms with Crippen LogP contribution in [0.15, 0.2) is 56.7 Å². The second-order valence-electron chi connectivity index (χ2n) is 4.48. The molecule has 0 aliphatic carbocycles. The zero-order valence-corrected chi connectivity index (χ0v) is 11.9. The molecule has 0 fully saturated rings. The van der Waals surface area contributed by atoms with Gasteiger partial charge in [0, 0.05) is 21.5 Å². The molecule has 0 N–H and O–H groups in total. The van der Waals surface area contributed by atoms with Gasteiger partial charge in [-0.3, -0.25) is 0 Å². The number of nitrogens with zero attached hydrogens (tertiary/aromatic N) is 2. The fraction of sp³-hybridized carbons (Fsp3) is 0.143. The number of imidazole rings is 1. The SMILES string of the molecule is C[n+]1ccn(Cc2cc(=O)oc3cc(Br)ccc23)c1. The summed E-state index contributed by atoms with van der Waals surface area (Å²) in [5, 5.41) is 0.958. The maximum Gasteiger partial charge on any atom is 0.336 e. The highest BCUT2D eigenvalue weighted by Gasteiger charge is 2.09. The first-order valence-electron chi connectivity index (χ1n) is 5.85. The molecule has 2 aromatic heterocycles. The molecule has 0 bridgehead atoms. The molecule has 0 unspecified atom stereocenters. The lowest BCUT2D eigenvalue weighted by Crippen LogP contribution is -2.23. The molecule has 0 saturated heterocycles. The minimum Gasteiger partial charge on any atom is -0.423 e. The van der Waals surface area contributed by atoms with Crippen LogP contribution in [0.4, 0.5) is 0 Å². The van der Waals surface area contributed by atoms with Crippen LogP contribution in [-0.2, 0) is 13.6 Å². The number of rotatable bonds is 2. The summed E-state index contributed by atoms with van der Waals surface area (Å²) in [5.41, 5.74) is 1.24. The van der Waals surface area contributed by atoms with Crippen LogP contribution in [0.25, 0.3) is 11.0 Å². The lowest BCUT2D eigenvalue weighted by molar-refractivity contribution is -0.671. The van der Waals surface area contributed by atoms with Crippen molar-refractivity contribution in [3.05, 3.63) is 63.4 Å². The zero-order chi connectivity index (χ0) is 13.4. The summed E-state index contributed by atoms with van der Waals surface area (Å²) in [5.74, 6) is 0. The molecular weight excluding hydrogens is 308 g/mol. The summed E-state index contributed by atoms with van der Waals surface area (Å²) in [6, 6.07) is 7.27. The molecule has 0 saturated carbocycles. The second kappa shape index (κ2) is 4.66. The molecule has 3 aromatic rings. The topological polar surface area (TPSA) is 39.0 Å². The Bertz CT molecular complexity index is 805. The molecule has 0 spiro atoms. The summed E-state index contributed by atoms with van der Waals surface area (Å²) in [7, 11) is 1.96. The molecule has 0 aliphatic rings. The lowest BCUT2D eigenvalue weighted by atomic mass is 10.1. The van der Waals surface area contributed by atoms with Crippen LogP contribution < -0.4 is 10.2 Å². The van der Waals surface area contributed by atoms with Crippen LogP contribution in [-0.4, -0.2) is 4.57 Å². The molecule has 0 aliphatic heterocycles. The van der Waals surface area contributed by atoms with Gasteiger partial charge in [-0.05, 0) is 18.2 Å². The van der Waals surface area contributed by atoms with Crippen LogP contribution >= 0.6 is 15.9 Å². The Hall–Kier alpha value is -1.88. The van der Waals surface area contributed by atoms with E-state index in [0.29, 0.717) is 12.1 Å². The minimum absolute atomic E-state index is 0.322. The first-order valence-corrected chi connectivity index (χ1v) is 6.64. The quantitative estimate of drug-likeness (QED) is 0.536. The summed E-state index contributed by atoms with van der Waals surface area (Å²) in [4.78, 5) is 11.6. The molecule has 1 aromatic carbocycles. The number of aryl methyl sites for hydroxylation is 1. The van der Waals surface area contributed by atoms with Crippen LogP contribution in [0.3, 0.4) is 0 Å². The number of hydrogen-bond donors (Lipinski definition) is 0. The first-order chi connectivity index (χ1) is 9.11. The van der Waals surface area contributed by atoms with E-state index in [0.717, 1.165) is 15.4 Å². The summed E-state index contributed by atoms with van der Waals surface area (Å²) >= 11 is 3.38. The third-order valence-electron chi connectivity index (χ3n) is 2.97. The van der Waals surface area contributed by atoms with Gasteiger partial charge in [0.05, 0.1) is 7.05 Å². The van der Waals surface area contributed by atoms with Gasteiger partial charge < -0.3 is 4.42 Å². The van der Waals surface area contributed by atoms with Crippen molar-refractivity contribution >= 4 is 26.9 Å². The summed E-state index contributed by atoms with van der Waals surface area (Å²) in [6.45, 7) is 0.643. The van der Waals surface area contributed by atoms with E-state index in [1.54, 1.807) is 6.07 Å². The van der Waals surface area contributed by atoms with E-state index in [-0.39, 0.29) is 5.63 Å². The smallest absolute Gasteiger partial charge is 0.336 e. The van der Waals surface area contributed by atoms with Crippen molar-refractivity contribution in [2.75, 3.05) is 0 Å². The fourth-order valence-electron chi connectivity index (χ4n) is 2.13. The predicted molar refractivity (Wildman–Crippen MR) is 74.9 cm³/mol. The Morgan fingerprint density at radius 2 is 2.21 bits per heavy atom. The molecule has 96 valence electrons. The summed E-state index contributed by atoms with van der Waals surface area (Å²) < 4.78 is 10.1. The van der Waals surface area contributed by atoms with E-state index in [4.69, 9.17) is 4.42 Å². The summed E-state index contributed by atoms with van der Waals surface area (Å²) in [6.07, 6.45) is 5.91. The van der Waals surface area contributed by atoms with E-state index in [1.807, 2.05) is 53.1 Å². The maximum absolute atomic E-state index is 11.6. The fourth-order valence-corrected chi connectivity index (χ4v) is 2.47. The number of hydrogen-bond acceptors (Lipinski definition) is 2. The Labute approximate surface area is 118 Å². The van der Waals surface area contributed by atoms with Gasteiger partial charge in [0.1, 0.15) is 24.5 Å². The third kappa shape index (κ3) is 2.46. The molecule has 0 atom stereocenters. The Kier molecular flexibility index (Phi) is 2.98. The highest BCUT2D eigenvalue weighted by molar-refractivity contribution is 9.10. The van der Waals surface area contributed by atoms with Gasteiger partial charge in [0.15, 0.2) is 0 Å². The van der Waals surface area contributed by atoms with Crippen LogP contribution in [0.2, 0.25) is 0 Å². The molecule has 19 heavy (non-hydrogen) atoms. The minimum atomic E-state index is -0.322. The van der Waals surface area contributed by atoms with Crippen LogP contribution in [0, 0.1) is 0 Å². The lowest BCUT2D eigenvalue weighted by Gasteiger charge is -2.03. The van der Waals surface area contributed by atoms with Crippen LogP contribution in [0.5, 0.6) is 0 Å². The highest BCUT2D eigenvalue weighted by atomic mass is 79.9. The van der Waals surface area contributed by atoms with Crippen molar-refractivity contribution < 1.29 is 8.98 Å². The van der Waals surface area contributed by atoms with Gasteiger partial charge in [-0.1, -0.05) is 15.9 Å². The van der Waals surface area contributed by atoms with E-state index in [2.05, 4.69) is 15.9 Å². The van der Waals surface area contributed by atoms with E-state index in [1.165, 1.54) is 0 Å². The molecule has 0 radical (unpaired) electrons. The standard InChI is InChI=1S/C14H12BrN2O2/c1-16-4-5-17(9-16)8-10-6-14(18)19-13-7-11(15)2-3-12(10)13/h2-7,9H,8H2,1H3/q+1. The van der Waals surface area contributed by atoms with Crippen molar-refractivity contribution in [3.8, 4) is 0 Å². The van der Waals surface area contributed by atoms with E-state index < -0.39 is 0 Å². The van der Waals surface area contributed by atoms with Gasteiger partial charge in [-0.2, -0.15) is 0 Å². The Morgan fingerprint density at radius 3 is 2.95 bits per heavy atom. The number of halogens is 1. The van der Waals surface area contributed by atoms with Crippen molar-refractivity contribution in [3.63, 3.8) is 0 Å². The largest absolute Gasteiger partial charge is 0.423 e. The zero-order valence-electron chi connectivity index (χ0n) is 10.3. The molecule has 5 heteroatoms. The normalized spacial score (nSPS) is 11.1. The Balaban J connectivity index is 2.14. The van der Waals surface area contributed by atoms with Gasteiger partial charge in [0.25, 0.3) is 0 Å². The second-order valence-corrected chi connectivity index (χ2v) is 5.40. The monoisotopic (exact) mass is 319 g/mol. The number of benzene rings is 1. The average molecular weight is 320 g/mol. The van der Waals surface area contributed by atoms with E-state index in [9.17, 15) is 4.79 Å². The van der Waals surface area contributed by atoms with Gasteiger partial charge in [-0.15, -0.1) is 0 Å². The number of aromatic nitrogens is 2. The molecule has 0 amide bonds. The number of fused-ring (bicyclic) bond motifs is 1. The average Bonchev–Trinajstić information content (AvgIpc) is 2.74. The van der Waals surface area contributed by atoms with E-state index >= 15 is 0 Å². The van der Waals surface area contributed by atoms with Crippen molar-refractivity contribution in [1.82, 2.24) is 4.57 Å². The maximum atomic E-state index is 11.6. The highest BCUT2D eigenvalue weighted by Crippen LogP contribution is 2.22. The van der Waals surface area contributed by atoms with Crippen molar-refractivity contribution in [2.45, 2.75) is 6.54 Å². The van der Waals surface area contributed by atoms with Gasteiger partial charge in [-0.25, -0.2) is 13.9 Å². The molecular formula is C14H12BrN2O2+. The third-order valence-corrected chi connectivity index (χ3v) is 3.46. The Morgan fingerprint density at radius 1 is 1.37 bits per heavy atom. The van der Waals surface area contributed by atoms with Gasteiger partial charge in [0.2, 0.25) is 6.33 Å². The molecule has 2 heterocycles.